The van der Waals surface area contributed by atoms with Crippen molar-refractivity contribution in [1.29, 1.82) is 0 Å². The van der Waals surface area contributed by atoms with E-state index in [0.717, 1.165) is 24.1 Å². The van der Waals surface area contributed by atoms with Gasteiger partial charge in [-0.05, 0) is 56.1 Å². The van der Waals surface area contributed by atoms with Crippen molar-refractivity contribution in [2.45, 2.75) is 38.4 Å². The Morgan fingerprint density at radius 1 is 1.19 bits per heavy atom. The zero-order chi connectivity index (χ0) is 18.2. The zero-order valence-corrected chi connectivity index (χ0v) is 15.3. The van der Waals surface area contributed by atoms with Crippen molar-refractivity contribution in [2.75, 3.05) is 20.1 Å². The van der Waals surface area contributed by atoms with E-state index < -0.39 is 0 Å². The Morgan fingerprint density at radius 2 is 1.85 bits per heavy atom. The minimum Gasteiger partial charge on any atom is -0.338 e. The van der Waals surface area contributed by atoms with Gasteiger partial charge in [-0.25, -0.2) is 4.79 Å². The lowest BCUT2D eigenvalue weighted by Crippen LogP contribution is -2.41. The highest BCUT2D eigenvalue weighted by Gasteiger charge is 2.21. The van der Waals surface area contributed by atoms with Gasteiger partial charge in [-0.15, -0.1) is 0 Å². The van der Waals surface area contributed by atoms with Crippen molar-refractivity contribution >= 4 is 6.03 Å². The van der Waals surface area contributed by atoms with Crippen LogP contribution in [0.1, 0.15) is 30.4 Å². The van der Waals surface area contributed by atoms with Crippen LogP contribution in [0.3, 0.4) is 0 Å². The number of hydrogen-bond donors (Lipinski definition) is 1. The Labute approximate surface area is 155 Å². The van der Waals surface area contributed by atoms with Gasteiger partial charge in [0.25, 0.3) is 0 Å². The fraction of sp³-hybridized carbons (Fsp3) is 0.450. The van der Waals surface area contributed by atoms with Crippen LogP contribution in [0, 0.1) is 0 Å². The van der Waals surface area contributed by atoms with Crippen LogP contribution in [-0.4, -0.2) is 52.0 Å². The van der Waals surface area contributed by atoms with Crippen molar-refractivity contribution in [3.63, 3.8) is 0 Å². The molecule has 0 bridgehead atoms. The maximum absolute atomic E-state index is 12.8. The molecule has 1 aliphatic heterocycles. The molecular formula is C20H27N5O. The van der Waals surface area contributed by atoms with Crippen LogP contribution in [0.15, 0.2) is 49.1 Å². The van der Waals surface area contributed by atoms with Gasteiger partial charge in [-0.3, -0.25) is 9.97 Å². The molecule has 0 radical (unpaired) electrons. The average molecular weight is 353 g/mol. The number of rotatable bonds is 7. The Kier molecular flexibility index (Phi) is 6.55. The average Bonchev–Trinajstić information content (AvgIpc) is 3.08. The van der Waals surface area contributed by atoms with E-state index in [1.807, 2.05) is 29.2 Å². The molecule has 6 heteroatoms. The fourth-order valence-electron chi connectivity index (χ4n) is 3.43. The largest absolute Gasteiger partial charge is 0.338 e. The van der Waals surface area contributed by atoms with E-state index in [0.29, 0.717) is 25.7 Å². The van der Waals surface area contributed by atoms with Gasteiger partial charge in [0, 0.05) is 50.5 Å². The van der Waals surface area contributed by atoms with E-state index in [1.54, 1.807) is 24.8 Å². The number of carbonyl (C=O) groups excluding carboxylic acids is 1. The molecule has 1 aliphatic rings. The summed E-state index contributed by atoms with van der Waals surface area (Å²) in [6, 6.07) is 8.31. The lowest BCUT2D eigenvalue weighted by Gasteiger charge is -2.24. The van der Waals surface area contributed by atoms with E-state index in [9.17, 15) is 4.79 Å². The maximum Gasteiger partial charge on any atom is 0.318 e. The van der Waals surface area contributed by atoms with E-state index in [2.05, 4.69) is 27.2 Å². The van der Waals surface area contributed by atoms with E-state index >= 15 is 0 Å². The van der Waals surface area contributed by atoms with Gasteiger partial charge in [0.05, 0.1) is 0 Å². The molecule has 2 aromatic rings. The Bertz CT molecular complexity index is 638. The molecule has 1 saturated heterocycles. The summed E-state index contributed by atoms with van der Waals surface area (Å²) in [5.41, 5.74) is 2.03. The first-order valence-electron chi connectivity index (χ1n) is 9.23. The molecule has 26 heavy (non-hydrogen) atoms. The summed E-state index contributed by atoms with van der Waals surface area (Å²) in [6.07, 6.45) is 10.6. The molecule has 1 N–H and O–H groups in total. The Morgan fingerprint density at radius 3 is 2.35 bits per heavy atom. The molecule has 138 valence electrons. The molecule has 2 amide bonds. The fourth-order valence-corrected chi connectivity index (χ4v) is 3.43. The number of nitrogens with zero attached hydrogens (tertiary/aromatic N) is 4. The van der Waals surface area contributed by atoms with E-state index in [4.69, 9.17) is 0 Å². The van der Waals surface area contributed by atoms with Gasteiger partial charge in [0.15, 0.2) is 0 Å². The van der Waals surface area contributed by atoms with Crippen LogP contribution in [0.2, 0.25) is 0 Å². The van der Waals surface area contributed by atoms with Crippen molar-refractivity contribution in [2.24, 2.45) is 0 Å². The second kappa shape index (κ2) is 9.29. The van der Waals surface area contributed by atoms with Crippen molar-refractivity contribution in [3.05, 3.63) is 60.2 Å². The summed E-state index contributed by atoms with van der Waals surface area (Å²) in [4.78, 5) is 25.3. The number of hydrogen-bond acceptors (Lipinski definition) is 4. The van der Waals surface area contributed by atoms with Gasteiger partial charge >= 0.3 is 6.03 Å². The molecule has 3 heterocycles. The topological polar surface area (TPSA) is 61.4 Å². The molecule has 2 aromatic heterocycles. The second-order valence-corrected chi connectivity index (χ2v) is 6.88. The van der Waals surface area contributed by atoms with Crippen molar-refractivity contribution in [1.82, 2.24) is 25.1 Å². The molecular weight excluding hydrogens is 326 g/mol. The van der Waals surface area contributed by atoms with Gasteiger partial charge in [0.1, 0.15) is 0 Å². The highest BCUT2D eigenvalue weighted by Crippen LogP contribution is 2.17. The third-order valence-corrected chi connectivity index (χ3v) is 4.90. The Hall–Kier alpha value is -2.47. The number of nitrogens with one attached hydrogen (secondary N) is 1. The smallest absolute Gasteiger partial charge is 0.318 e. The molecule has 3 rings (SSSR count). The molecule has 6 nitrogen and oxygen atoms in total. The first-order chi connectivity index (χ1) is 12.7. The number of amides is 2. The highest BCUT2D eigenvalue weighted by molar-refractivity contribution is 5.74. The van der Waals surface area contributed by atoms with E-state index in [-0.39, 0.29) is 6.03 Å². The number of carbonyl (C=O) groups is 1. The minimum absolute atomic E-state index is 0.0432. The predicted octanol–water partition coefficient (Wildman–Crippen LogP) is 2.67. The molecule has 0 saturated carbocycles. The predicted molar refractivity (Wildman–Crippen MR) is 101 cm³/mol. The second-order valence-electron chi connectivity index (χ2n) is 6.88. The van der Waals surface area contributed by atoms with Crippen LogP contribution in [0.25, 0.3) is 0 Å². The number of pyridine rings is 2. The maximum atomic E-state index is 12.8. The van der Waals surface area contributed by atoms with Crippen LogP contribution in [0.4, 0.5) is 4.79 Å². The summed E-state index contributed by atoms with van der Waals surface area (Å²) in [6.45, 7) is 2.91. The summed E-state index contributed by atoms with van der Waals surface area (Å²) >= 11 is 0. The van der Waals surface area contributed by atoms with Crippen molar-refractivity contribution < 1.29 is 4.79 Å². The number of likely N-dealkylation sites (tertiary alicyclic amines) is 1. The lowest BCUT2D eigenvalue weighted by molar-refractivity contribution is 0.190. The zero-order valence-electron chi connectivity index (χ0n) is 15.3. The van der Waals surface area contributed by atoms with Crippen LogP contribution >= 0.6 is 0 Å². The summed E-state index contributed by atoms with van der Waals surface area (Å²) in [5, 5.41) is 3.09. The first kappa shape index (κ1) is 18.3. The monoisotopic (exact) mass is 353 g/mol. The van der Waals surface area contributed by atoms with E-state index in [1.165, 1.54) is 12.8 Å². The quantitative estimate of drug-likeness (QED) is 0.831. The van der Waals surface area contributed by atoms with Crippen LogP contribution in [-0.2, 0) is 13.1 Å². The lowest BCUT2D eigenvalue weighted by atomic mass is 10.1. The summed E-state index contributed by atoms with van der Waals surface area (Å²) in [5.74, 6) is 0. The normalized spacial score (nSPS) is 17.2. The molecule has 1 fully saturated rings. The molecule has 0 aromatic carbocycles. The molecule has 0 aliphatic carbocycles. The first-order valence-corrected chi connectivity index (χ1v) is 9.23. The van der Waals surface area contributed by atoms with Gasteiger partial charge < -0.3 is 15.1 Å². The van der Waals surface area contributed by atoms with Gasteiger partial charge in [-0.1, -0.05) is 12.1 Å². The third kappa shape index (κ3) is 5.26. The van der Waals surface area contributed by atoms with Crippen molar-refractivity contribution in [3.8, 4) is 0 Å². The third-order valence-electron chi connectivity index (χ3n) is 4.90. The number of urea groups is 1. The molecule has 0 spiro atoms. The summed E-state index contributed by atoms with van der Waals surface area (Å²) < 4.78 is 0. The minimum atomic E-state index is -0.0432. The SMILES string of the molecule is CN1CCC[C@@H]1CCNC(=O)N(Cc1cccnc1)Cc1cccnc1. The van der Waals surface area contributed by atoms with Gasteiger partial charge in [-0.2, -0.15) is 0 Å². The standard InChI is InChI=1S/C20H27N5O/c1-24-12-4-7-19(24)8-11-23-20(26)25(15-17-5-2-9-21-13-17)16-18-6-3-10-22-14-18/h2-3,5-6,9-10,13-14,19H,4,7-8,11-12,15-16H2,1H3,(H,23,26)/t19-/m1/s1. The number of aromatic nitrogens is 2. The summed E-state index contributed by atoms with van der Waals surface area (Å²) in [7, 11) is 2.16. The highest BCUT2D eigenvalue weighted by atomic mass is 16.2. The molecule has 1 atom stereocenters. The molecule has 0 unspecified atom stereocenters. The van der Waals surface area contributed by atoms with Crippen LogP contribution in [0.5, 0.6) is 0 Å². The van der Waals surface area contributed by atoms with Gasteiger partial charge in [0.2, 0.25) is 0 Å². The van der Waals surface area contributed by atoms with Crippen LogP contribution < -0.4 is 5.32 Å². The Balaban J connectivity index is 1.58.